The molecule has 0 saturated heterocycles. The van der Waals surface area contributed by atoms with Crippen LogP contribution in [0.5, 0.6) is 0 Å². The molecule has 1 aliphatic rings. The van der Waals surface area contributed by atoms with Crippen LogP contribution in [0, 0.1) is 11.8 Å². The molecule has 1 rings (SSSR count). The molecule has 1 saturated carbocycles. The quantitative estimate of drug-likeness (QED) is 0.689. The first kappa shape index (κ1) is 15.0. The van der Waals surface area contributed by atoms with Crippen LogP contribution in [-0.2, 0) is 9.59 Å². The lowest BCUT2D eigenvalue weighted by atomic mass is 9.69. The lowest BCUT2D eigenvalue weighted by molar-refractivity contribution is -0.154. The number of amides is 1. The molecule has 5 heteroatoms. The third-order valence-electron chi connectivity index (χ3n) is 3.90. The highest BCUT2D eigenvalue weighted by Crippen LogP contribution is 2.39. The van der Waals surface area contributed by atoms with Gasteiger partial charge in [-0.1, -0.05) is 13.3 Å². The minimum atomic E-state index is -1.17. The van der Waals surface area contributed by atoms with Gasteiger partial charge in [0.15, 0.2) is 0 Å². The van der Waals surface area contributed by atoms with Gasteiger partial charge in [-0.15, -0.1) is 0 Å². The lowest BCUT2D eigenvalue weighted by Crippen LogP contribution is -2.49. The van der Waals surface area contributed by atoms with Gasteiger partial charge in [-0.3, -0.25) is 9.59 Å². The van der Waals surface area contributed by atoms with Crippen molar-refractivity contribution < 1.29 is 19.8 Å². The van der Waals surface area contributed by atoms with Gasteiger partial charge in [0, 0.05) is 7.05 Å². The van der Waals surface area contributed by atoms with Crippen molar-refractivity contribution in [1.82, 2.24) is 5.32 Å². The molecular weight excluding hydrogens is 234 g/mol. The maximum Gasteiger partial charge on any atom is 0.306 e. The first-order chi connectivity index (χ1) is 8.44. The molecule has 0 aromatic carbocycles. The number of nitrogens with one attached hydrogen (secondary N) is 1. The van der Waals surface area contributed by atoms with Gasteiger partial charge in [-0.25, -0.2) is 0 Å². The smallest absolute Gasteiger partial charge is 0.306 e. The summed E-state index contributed by atoms with van der Waals surface area (Å²) in [4.78, 5) is 22.9. The monoisotopic (exact) mass is 257 g/mol. The van der Waals surface area contributed by atoms with E-state index in [1.54, 1.807) is 7.05 Å². The van der Waals surface area contributed by atoms with E-state index in [0.717, 1.165) is 6.42 Å². The maximum atomic E-state index is 11.9. The third kappa shape index (κ3) is 3.22. The maximum absolute atomic E-state index is 11.9. The van der Waals surface area contributed by atoms with Crippen LogP contribution >= 0.6 is 0 Å². The summed E-state index contributed by atoms with van der Waals surface area (Å²) >= 11 is 0. The van der Waals surface area contributed by atoms with Crippen LogP contribution in [0.15, 0.2) is 0 Å². The lowest BCUT2D eigenvalue weighted by Gasteiger charge is -2.40. The minimum absolute atomic E-state index is 0.181. The summed E-state index contributed by atoms with van der Waals surface area (Å²) in [5.74, 6) is -2.10. The van der Waals surface area contributed by atoms with Gasteiger partial charge < -0.3 is 15.5 Å². The second-order valence-corrected chi connectivity index (χ2v) is 5.19. The van der Waals surface area contributed by atoms with Crippen molar-refractivity contribution in [2.24, 2.45) is 11.8 Å². The fourth-order valence-corrected chi connectivity index (χ4v) is 2.92. The van der Waals surface area contributed by atoms with Gasteiger partial charge in [0.25, 0.3) is 0 Å². The highest BCUT2D eigenvalue weighted by atomic mass is 16.4. The van der Waals surface area contributed by atoms with E-state index >= 15 is 0 Å². The van der Waals surface area contributed by atoms with E-state index in [2.05, 4.69) is 5.32 Å². The van der Waals surface area contributed by atoms with Crippen molar-refractivity contribution in [1.29, 1.82) is 0 Å². The molecule has 3 N–H and O–H groups in total. The number of rotatable bonds is 5. The molecule has 0 spiro atoms. The molecule has 18 heavy (non-hydrogen) atoms. The van der Waals surface area contributed by atoms with Crippen molar-refractivity contribution in [2.75, 3.05) is 7.05 Å². The average molecular weight is 257 g/mol. The van der Waals surface area contributed by atoms with Crippen LogP contribution in [0.4, 0.5) is 0 Å². The summed E-state index contributed by atoms with van der Waals surface area (Å²) in [6.07, 6.45) is 3.31. The Morgan fingerprint density at radius 2 is 2.17 bits per heavy atom. The van der Waals surface area contributed by atoms with E-state index in [-0.39, 0.29) is 12.3 Å². The third-order valence-corrected chi connectivity index (χ3v) is 3.90. The van der Waals surface area contributed by atoms with Crippen molar-refractivity contribution in [3.63, 3.8) is 0 Å². The van der Waals surface area contributed by atoms with Gasteiger partial charge in [-0.2, -0.15) is 0 Å². The fourth-order valence-electron chi connectivity index (χ4n) is 2.92. The highest BCUT2D eigenvalue weighted by Gasteiger charge is 2.45. The number of carboxylic acids is 1. The second kappa shape index (κ2) is 6.18. The predicted octanol–water partition coefficient (Wildman–Crippen LogP) is 1.15. The van der Waals surface area contributed by atoms with E-state index in [0.29, 0.717) is 25.7 Å². The Hall–Kier alpha value is -1.10. The van der Waals surface area contributed by atoms with E-state index < -0.39 is 23.4 Å². The Morgan fingerprint density at radius 3 is 2.67 bits per heavy atom. The van der Waals surface area contributed by atoms with Gasteiger partial charge in [-0.05, 0) is 32.1 Å². The summed E-state index contributed by atoms with van der Waals surface area (Å²) in [6, 6.07) is 0. The summed E-state index contributed by atoms with van der Waals surface area (Å²) in [5, 5.41) is 22.3. The number of hydrogen-bond acceptors (Lipinski definition) is 3. The predicted molar refractivity (Wildman–Crippen MR) is 67.0 cm³/mol. The van der Waals surface area contributed by atoms with Crippen molar-refractivity contribution in [3.05, 3.63) is 0 Å². The number of carbonyl (C=O) groups excluding carboxylic acids is 1. The Kier molecular flexibility index (Phi) is 5.14. The van der Waals surface area contributed by atoms with Crippen LogP contribution in [0.25, 0.3) is 0 Å². The van der Waals surface area contributed by atoms with Crippen LogP contribution < -0.4 is 5.32 Å². The van der Waals surface area contributed by atoms with E-state index in [4.69, 9.17) is 5.11 Å². The van der Waals surface area contributed by atoms with Crippen LogP contribution in [-0.4, -0.2) is 34.7 Å². The molecule has 3 atom stereocenters. The molecule has 0 aromatic heterocycles. The second-order valence-electron chi connectivity index (χ2n) is 5.19. The largest absolute Gasteiger partial charge is 0.481 e. The van der Waals surface area contributed by atoms with E-state index in [1.807, 2.05) is 6.92 Å². The Labute approximate surface area is 108 Å². The zero-order chi connectivity index (χ0) is 13.8. The Balaban J connectivity index is 2.86. The van der Waals surface area contributed by atoms with E-state index in [9.17, 15) is 14.7 Å². The summed E-state index contributed by atoms with van der Waals surface area (Å²) in [5.41, 5.74) is -1.17. The van der Waals surface area contributed by atoms with Crippen molar-refractivity contribution >= 4 is 11.9 Å². The molecule has 5 nitrogen and oxygen atoms in total. The molecule has 0 aliphatic heterocycles. The van der Waals surface area contributed by atoms with E-state index in [1.165, 1.54) is 0 Å². The van der Waals surface area contributed by atoms with Crippen molar-refractivity contribution in [3.8, 4) is 0 Å². The SMILES string of the molecule is CCCC(C(=O)NC)[C@@]1(O)CCC[C@@H](C(=O)O)C1. The Bertz CT molecular complexity index is 318. The van der Waals surface area contributed by atoms with Gasteiger partial charge in [0.2, 0.25) is 5.91 Å². The number of aliphatic hydroxyl groups is 1. The van der Waals surface area contributed by atoms with Gasteiger partial charge in [0.05, 0.1) is 17.4 Å². The van der Waals surface area contributed by atoms with Gasteiger partial charge >= 0.3 is 5.97 Å². The standard InChI is InChI=1S/C13H23NO4/c1-3-5-10(11(15)14-2)13(18)7-4-6-9(8-13)12(16)17/h9-10,18H,3-8H2,1-2H3,(H,14,15)(H,16,17)/t9-,10?,13-/m1/s1. The number of carbonyl (C=O) groups is 2. The first-order valence-electron chi connectivity index (χ1n) is 6.61. The van der Waals surface area contributed by atoms with Gasteiger partial charge in [0.1, 0.15) is 0 Å². The minimum Gasteiger partial charge on any atom is -0.481 e. The Morgan fingerprint density at radius 1 is 1.50 bits per heavy atom. The number of hydrogen-bond donors (Lipinski definition) is 3. The first-order valence-corrected chi connectivity index (χ1v) is 6.61. The molecule has 1 fully saturated rings. The molecule has 1 amide bonds. The number of aliphatic carboxylic acids is 1. The molecule has 104 valence electrons. The summed E-state index contributed by atoms with van der Waals surface area (Å²) in [6.45, 7) is 1.96. The molecule has 1 aliphatic carbocycles. The molecule has 1 unspecified atom stereocenters. The van der Waals surface area contributed by atoms with Crippen LogP contribution in [0.1, 0.15) is 45.4 Å². The topological polar surface area (TPSA) is 86.6 Å². The fraction of sp³-hybridized carbons (Fsp3) is 0.846. The normalized spacial score (nSPS) is 29.6. The molecule has 0 aromatic rings. The molecular formula is C13H23NO4. The number of carboxylic acid groups (broad SMARTS) is 1. The molecule has 0 heterocycles. The average Bonchev–Trinajstić information content (AvgIpc) is 2.34. The van der Waals surface area contributed by atoms with Crippen LogP contribution in [0.2, 0.25) is 0 Å². The highest BCUT2D eigenvalue weighted by molar-refractivity contribution is 5.80. The summed E-state index contributed by atoms with van der Waals surface area (Å²) < 4.78 is 0. The summed E-state index contributed by atoms with van der Waals surface area (Å²) in [7, 11) is 1.55. The van der Waals surface area contributed by atoms with Crippen molar-refractivity contribution in [2.45, 2.75) is 51.0 Å². The molecule has 0 bridgehead atoms. The molecule has 0 radical (unpaired) electrons. The zero-order valence-electron chi connectivity index (χ0n) is 11.1. The zero-order valence-corrected chi connectivity index (χ0v) is 11.1. The van der Waals surface area contributed by atoms with Crippen LogP contribution in [0.3, 0.4) is 0 Å².